The molecule has 3 heterocycles. The summed E-state index contributed by atoms with van der Waals surface area (Å²) in [6.07, 6.45) is 7.21. The number of imidazole rings is 1. The zero-order valence-electron chi connectivity index (χ0n) is 11.8. The van der Waals surface area contributed by atoms with Crippen molar-refractivity contribution >= 4 is 11.7 Å². The molecule has 1 atom stereocenters. The number of pyridine rings is 1. The van der Waals surface area contributed by atoms with E-state index in [4.69, 9.17) is 0 Å². The third kappa shape index (κ3) is 3.66. The lowest BCUT2D eigenvalue weighted by atomic mass is 9.97. The van der Waals surface area contributed by atoms with Crippen LogP contribution >= 0.6 is 0 Å². The predicted molar refractivity (Wildman–Crippen MR) is 79.5 cm³/mol. The lowest BCUT2D eigenvalue weighted by Gasteiger charge is -2.31. The molecule has 110 valence electrons. The molecule has 0 bridgehead atoms. The third-order valence-electron chi connectivity index (χ3n) is 3.72. The third-order valence-corrected chi connectivity index (χ3v) is 3.72. The molecule has 2 aromatic heterocycles. The first-order valence-electron chi connectivity index (χ1n) is 7.24. The first-order valence-corrected chi connectivity index (χ1v) is 7.24. The molecule has 1 amide bonds. The van der Waals surface area contributed by atoms with Crippen molar-refractivity contribution in [3.8, 4) is 0 Å². The van der Waals surface area contributed by atoms with Gasteiger partial charge in [0.2, 0.25) is 5.91 Å². The van der Waals surface area contributed by atoms with Gasteiger partial charge in [-0.2, -0.15) is 0 Å². The van der Waals surface area contributed by atoms with E-state index in [1.165, 1.54) is 0 Å². The summed E-state index contributed by atoms with van der Waals surface area (Å²) < 4.78 is 0. The van der Waals surface area contributed by atoms with E-state index in [1.54, 1.807) is 18.5 Å². The number of anilines is 1. The minimum Gasteiger partial charge on any atom is -0.348 e. The van der Waals surface area contributed by atoms with E-state index in [0.29, 0.717) is 5.82 Å². The van der Waals surface area contributed by atoms with Gasteiger partial charge < -0.3 is 10.3 Å². The number of likely N-dealkylation sites (tertiary alicyclic amines) is 1. The normalized spacial score (nSPS) is 19.3. The van der Waals surface area contributed by atoms with Crippen molar-refractivity contribution in [2.24, 2.45) is 5.92 Å². The number of H-pyrrole nitrogens is 1. The number of hydrogen-bond acceptors (Lipinski definition) is 4. The van der Waals surface area contributed by atoms with E-state index in [9.17, 15) is 4.79 Å². The van der Waals surface area contributed by atoms with Crippen LogP contribution in [0.2, 0.25) is 0 Å². The van der Waals surface area contributed by atoms with Crippen LogP contribution in [0, 0.1) is 5.92 Å². The summed E-state index contributed by atoms with van der Waals surface area (Å²) in [7, 11) is 0. The molecular weight excluding hydrogens is 266 g/mol. The molecule has 2 N–H and O–H groups in total. The van der Waals surface area contributed by atoms with Crippen LogP contribution in [0.4, 0.5) is 5.82 Å². The number of hydrogen-bond donors (Lipinski definition) is 2. The maximum absolute atomic E-state index is 12.3. The van der Waals surface area contributed by atoms with Gasteiger partial charge in [-0.15, -0.1) is 0 Å². The van der Waals surface area contributed by atoms with Crippen molar-refractivity contribution in [3.63, 3.8) is 0 Å². The summed E-state index contributed by atoms with van der Waals surface area (Å²) >= 11 is 0. The fraction of sp³-hybridized carbons (Fsp3) is 0.400. The maximum Gasteiger partial charge on any atom is 0.229 e. The van der Waals surface area contributed by atoms with Crippen LogP contribution < -0.4 is 5.32 Å². The lowest BCUT2D eigenvalue weighted by molar-refractivity contribution is -0.121. The molecule has 0 saturated carbocycles. The summed E-state index contributed by atoms with van der Waals surface area (Å²) in [5.41, 5.74) is 0. The average molecular weight is 285 g/mol. The van der Waals surface area contributed by atoms with E-state index in [2.05, 4.69) is 25.2 Å². The standard InChI is InChI=1S/C15H19N5O/c21-15(19-13-5-1-2-6-16-13)12-4-3-9-20(10-12)11-14-17-7-8-18-14/h1-2,5-8,12H,3-4,9-11H2,(H,17,18)(H,16,19,21). The molecule has 6 heteroatoms. The maximum atomic E-state index is 12.3. The molecule has 0 spiro atoms. The van der Waals surface area contributed by atoms with E-state index < -0.39 is 0 Å². The van der Waals surface area contributed by atoms with Gasteiger partial charge in [-0.1, -0.05) is 6.07 Å². The molecule has 1 fully saturated rings. The molecular formula is C15H19N5O. The first kappa shape index (κ1) is 13.8. The van der Waals surface area contributed by atoms with Crippen LogP contribution in [0.5, 0.6) is 0 Å². The first-order chi connectivity index (χ1) is 10.3. The Morgan fingerprint density at radius 2 is 2.33 bits per heavy atom. The molecule has 1 unspecified atom stereocenters. The number of carbonyl (C=O) groups excluding carboxylic acids is 1. The largest absolute Gasteiger partial charge is 0.348 e. The van der Waals surface area contributed by atoms with Crippen LogP contribution in [0.15, 0.2) is 36.8 Å². The second kappa shape index (κ2) is 6.49. The zero-order chi connectivity index (χ0) is 14.5. The van der Waals surface area contributed by atoms with Gasteiger partial charge in [0.15, 0.2) is 0 Å². The number of nitrogens with one attached hydrogen (secondary N) is 2. The Morgan fingerprint density at radius 3 is 3.10 bits per heavy atom. The van der Waals surface area contributed by atoms with Crippen LogP contribution in [0.1, 0.15) is 18.7 Å². The molecule has 0 radical (unpaired) electrons. The number of aromatic nitrogens is 3. The molecule has 1 saturated heterocycles. The Labute approximate surface area is 123 Å². The van der Waals surface area contributed by atoms with E-state index >= 15 is 0 Å². The highest BCUT2D eigenvalue weighted by Crippen LogP contribution is 2.19. The zero-order valence-corrected chi connectivity index (χ0v) is 11.8. The van der Waals surface area contributed by atoms with Crippen molar-refractivity contribution in [3.05, 3.63) is 42.6 Å². The molecule has 0 aliphatic carbocycles. The highest BCUT2D eigenvalue weighted by Gasteiger charge is 2.26. The molecule has 6 nitrogen and oxygen atoms in total. The van der Waals surface area contributed by atoms with Crippen LogP contribution in [0.3, 0.4) is 0 Å². The number of piperidine rings is 1. The Morgan fingerprint density at radius 1 is 1.38 bits per heavy atom. The topological polar surface area (TPSA) is 73.9 Å². The van der Waals surface area contributed by atoms with E-state index in [1.807, 2.05) is 18.3 Å². The fourth-order valence-corrected chi connectivity index (χ4v) is 2.67. The molecule has 1 aliphatic rings. The second-order valence-electron chi connectivity index (χ2n) is 5.31. The molecule has 2 aromatic rings. The van der Waals surface area contributed by atoms with Gasteiger partial charge in [-0.05, 0) is 31.5 Å². The smallest absolute Gasteiger partial charge is 0.229 e. The van der Waals surface area contributed by atoms with Crippen molar-refractivity contribution in [2.75, 3.05) is 18.4 Å². The molecule has 1 aliphatic heterocycles. The Balaban J connectivity index is 1.56. The van der Waals surface area contributed by atoms with Crippen LogP contribution in [0.25, 0.3) is 0 Å². The molecule has 0 aromatic carbocycles. The van der Waals surface area contributed by atoms with Gasteiger partial charge in [-0.3, -0.25) is 9.69 Å². The molecule has 21 heavy (non-hydrogen) atoms. The number of nitrogens with zero attached hydrogens (tertiary/aromatic N) is 3. The predicted octanol–water partition coefficient (Wildman–Crippen LogP) is 1.66. The Kier molecular flexibility index (Phi) is 4.25. The van der Waals surface area contributed by atoms with Crippen LogP contribution in [-0.2, 0) is 11.3 Å². The monoisotopic (exact) mass is 285 g/mol. The molecule has 3 rings (SSSR count). The Hall–Kier alpha value is -2.21. The summed E-state index contributed by atoms with van der Waals surface area (Å²) in [5, 5.41) is 2.89. The van der Waals surface area contributed by atoms with Crippen molar-refractivity contribution in [2.45, 2.75) is 19.4 Å². The van der Waals surface area contributed by atoms with Crippen molar-refractivity contribution in [1.82, 2.24) is 19.9 Å². The quantitative estimate of drug-likeness (QED) is 0.896. The summed E-state index contributed by atoms with van der Waals surface area (Å²) in [6.45, 7) is 2.54. The average Bonchev–Trinajstić information content (AvgIpc) is 3.01. The summed E-state index contributed by atoms with van der Waals surface area (Å²) in [4.78, 5) is 26.1. The summed E-state index contributed by atoms with van der Waals surface area (Å²) in [5.74, 6) is 1.63. The van der Waals surface area contributed by atoms with Crippen molar-refractivity contribution < 1.29 is 4.79 Å². The number of amides is 1. The van der Waals surface area contributed by atoms with Gasteiger partial charge in [0, 0.05) is 25.1 Å². The van der Waals surface area contributed by atoms with Gasteiger partial charge in [0.05, 0.1) is 12.5 Å². The highest BCUT2D eigenvalue weighted by molar-refractivity contribution is 5.91. The minimum atomic E-state index is 0.00992. The van der Waals surface area contributed by atoms with Gasteiger partial charge in [0.25, 0.3) is 0 Å². The second-order valence-corrected chi connectivity index (χ2v) is 5.31. The van der Waals surface area contributed by atoms with Crippen LogP contribution in [-0.4, -0.2) is 38.8 Å². The SMILES string of the molecule is O=C(Nc1ccccn1)C1CCCN(Cc2ncc[nH]2)C1. The highest BCUT2D eigenvalue weighted by atomic mass is 16.2. The van der Waals surface area contributed by atoms with E-state index in [0.717, 1.165) is 38.3 Å². The Bertz CT molecular complexity index is 569. The van der Waals surface area contributed by atoms with Crippen molar-refractivity contribution in [1.29, 1.82) is 0 Å². The van der Waals surface area contributed by atoms with Gasteiger partial charge in [0.1, 0.15) is 11.6 Å². The number of carbonyl (C=O) groups is 1. The minimum absolute atomic E-state index is 0.00992. The summed E-state index contributed by atoms with van der Waals surface area (Å²) in [6, 6.07) is 5.51. The van der Waals surface area contributed by atoms with Gasteiger partial charge in [-0.25, -0.2) is 9.97 Å². The van der Waals surface area contributed by atoms with E-state index in [-0.39, 0.29) is 11.8 Å². The number of aromatic amines is 1. The number of rotatable bonds is 4. The fourth-order valence-electron chi connectivity index (χ4n) is 2.67. The lowest BCUT2D eigenvalue weighted by Crippen LogP contribution is -2.40. The van der Waals surface area contributed by atoms with Gasteiger partial charge >= 0.3 is 0 Å².